The van der Waals surface area contributed by atoms with Crippen LogP contribution >= 0.6 is 0 Å². The second-order valence-corrected chi connectivity index (χ2v) is 13.2. The lowest BCUT2D eigenvalue weighted by atomic mass is 9.52. The van der Waals surface area contributed by atoms with Crippen LogP contribution in [0.1, 0.15) is 119 Å². The van der Waals surface area contributed by atoms with Gasteiger partial charge in [0.2, 0.25) is 0 Å². The normalized spacial score (nSPS) is 45.0. The van der Waals surface area contributed by atoms with E-state index >= 15 is 0 Å². The van der Waals surface area contributed by atoms with Crippen LogP contribution in [0.2, 0.25) is 0 Å². The Hall–Kier alpha value is -0.870. The number of piperidine rings is 1. The lowest BCUT2D eigenvalue weighted by Crippen LogP contribution is -2.45. The number of carbonyl (C=O) groups excluding carboxylic acids is 1. The Balaban J connectivity index is 0.000000391. The van der Waals surface area contributed by atoms with Crippen molar-refractivity contribution in [3.63, 3.8) is 0 Å². The van der Waals surface area contributed by atoms with E-state index in [4.69, 9.17) is 4.74 Å². The molecule has 6 rings (SSSR count). The first-order valence-electron chi connectivity index (χ1n) is 15.4. The molecule has 0 radical (unpaired) electrons. The summed E-state index contributed by atoms with van der Waals surface area (Å²) < 4.78 is 11.0. The van der Waals surface area contributed by atoms with Crippen molar-refractivity contribution in [2.75, 3.05) is 13.7 Å². The van der Waals surface area contributed by atoms with Crippen LogP contribution in [0.3, 0.4) is 0 Å². The SMILES string of the molecule is CC.CC1=C2CC3C(CCC4CCCCC43C)C2CCC2(C1)CC1NCC(C)CC1O2.COC(C)=O. The van der Waals surface area contributed by atoms with Crippen molar-refractivity contribution in [2.24, 2.45) is 35.0 Å². The minimum atomic E-state index is -0.245. The molecule has 1 spiro atoms. The van der Waals surface area contributed by atoms with Gasteiger partial charge in [0.1, 0.15) is 0 Å². The fourth-order valence-electron chi connectivity index (χ4n) is 9.48. The molecule has 36 heavy (non-hydrogen) atoms. The second kappa shape index (κ2) is 11.5. The highest BCUT2D eigenvalue weighted by atomic mass is 16.5. The Morgan fingerprint density at radius 3 is 2.58 bits per heavy atom. The van der Waals surface area contributed by atoms with Gasteiger partial charge in [-0.3, -0.25) is 4.79 Å². The molecule has 9 unspecified atom stereocenters. The fourth-order valence-corrected chi connectivity index (χ4v) is 9.48. The zero-order chi connectivity index (χ0) is 26.1. The molecule has 0 amide bonds. The number of allylic oxidation sites excluding steroid dienone is 1. The number of ether oxygens (including phenoxy) is 2. The number of rotatable bonds is 0. The molecule has 1 N–H and O–H groups in total. The molecular weight excluding hydrogens is 446 g/mol. The summed E-state index contributed by atoms with van der Waals surface area (Å²) in [7, 11) is 1.35. The number of carbonyl (C=O) groups is 1. The van der Waals surface area contributed by atoms with E-state index in [0.717, 1.165) is 29.6 Å². The molecule has 2 aliphatic heterocycles. The average Bonchev–Trinajstić information content (AvgIpc) is 3.39. The summed E-state index contributed by atoms with van der Waals surface area (Å²) in [4.78, 5) is 9.59. The zero-order valence-corrected chi connectivity index (χ0v) is 24.5. The molecule has 206 valence electrons. The van der Waals surface area contributed by atoms with Crippen molar-refractivity contribution >= 4 is 5.97 Å². The lowest BCUT2D eigenvalue weighted by Gasteiger charge is -2.52. The second-order valence-electron chi connectivity index (χ2n) is 13.2. The Kier molecular flexibility index (Phi) is 8.97. The molecule has 5 fully saturated rings. The molecule has 0 aromatic heterocycles. The van der Waals surface area contributed by atoms with E-state index in [1.807, 2.05) is 19.4 Å². The molecule has 0 aromatic rings. The van der Waals surface area contributed by atoms with E-state index in [-0.39, 0.29) is 11.6 Å². The van der Waals surface area contributed by atoms with Crippen molar-refractivity contribution in [3.05, 3.63) is 11.1 Å². The Morgan fingerprint density at radius 2 is 1.86 bits per heavy atom. The molecule has 2 saturated heterocycles. The zero-order valence-electron chi connectivity index (χ0n) is 24.5. The molecule has 4 heteroatoms. The fraction of sp³-hybridized carbons (Fsp3) is 0.906. The van der Waals surface area contributed by atoms with Crippen LogP contribution in [0.4, 0.5) is 0 Å². The van der Waals surface area contributed by atoms with Crippen LogP contribution < -0.4 is 5.32 Å². The number of nitrogens with one attached hydrogen (secondary N) is 1. The van der Waals surface area contributed by atoms with Gasteiger partial charge < -0.3 is 14.8 Å². The quantitative estimate of drug-likeness (QED) is 0.276. The van der Waals surface area contributed by atoms with Crippen molar-refractivity contribution in [2.45, 2.75) is 136 Å². The summed E-state index contributed by atoms with van der Waals surface area (Å²) in [6.45, 7) is 14.1. The first-order chi connectivity index (χ1) is 17.2. The average molecular weight is 502 g/mol. The standard InChI is InChI=1S/C27H43NO.C3H6O2.C2H6/c1-17-12-25-24(28-16-17)15-27(29-25)11-9-20-21-8-7-19-6-4-5-10-26(19,3)23(21)13-22(20)18(2)14-27;1-3(4)5-2;1-2/h17,19-21,23-25,28H,4-16H2,1-3H3;1-2H3;1-2H3. The van der Waals surface area contributed by atoms with Crippen molar-refractivity contribution < 1.29 is 14.3 Å². The van der Waals surface area contributed by atoms with Crippen molar-refractivity contribution in [3.8, 4) is 0 Å². The van der Waals surface area contributed by atoms with E-state index in [9.17, 15) is 4.79 Å². The highest BCUT2D eigenvalue weighted by molar-refractivity contribution is 5.65. The topological polar surface area (TPSA) is 47.6 Å². The largest absolute Gasteiger partial charge is 0.469 e. The maximum atomic E-state index is 9.59. The van der Waals surface area contributed by atoms with Crippen LogP contribution in [-0.2, 0) is 14.3 Å². The molecule has 9 atom stereocenters. The van der Waals surface area contributed by atoms with Gasteiger partial charge in [-0.25, -0.2) is 0 Å². The van der Waals surface area contributed by atoms with Gasteiger partial charge in [-0.2, -0.15) is 0 Å². The number of esters is 1. The van der Waals surface area contributed by atoms with Gasteiger partial charge in [-0.15, -0.1) is 0 Å². The van der Waals surface area contributed by atoms with Gasteiger partial charge in [0.05, 0.1) is 18.8 Å². The van der Waals surface area contributed by atoms with Crippen LogP contribution in [-0.4, -0.2) is 37.4 Å². The number of fused-ring (bicyclic) bond motifs is 6. The Bertz CT molecular complexity index is 807. The minimum absolute atomic E-state index is 0.148. The summed E-state index contributed by atoms with van der Waals surface area (Å²) in [6, 6.07) is 0.617. The van der Waals surface area contributed by atoms with Crippen molar-refractivity contribution in [1.29, 1.82) is 0 Å². The van der Waals surface area contributed by atoms with Crippen LogP contribution in [0.15, 0.2) is 11.1 Å². The first-order valence-corrected chi connectivity index (χ1v) is 15.4. The van der Waals surface area contributed by atoms with E-state index in [1.54, 1.807) is 5.57 Å². The predicted octanol–water partition coefficient (Wildman–Crippen LogP) is 7.46. The smallest absolute Gasteiger partial charge is 0.302 e. The lowest BCUT2D eigenvalue weighted by molar-refractivity contribution is -0.137. The predicted molar refractivity (Wildman–Crippen MR) is 148 cm³/mol. The molecule has 0 bridgehead atoms. The third-order valence-electron chi connectivity index (χ3n) is 11.2. The van der Waals surface area contributed by atoms with Crippen LogP contribution in [0.5, 0.6) is 0 Å². The molecule has 4 aliphatic carbocycles. The molecule has 2 heterocycles. The van der Waals surface area contributed by atoms with Gasteiger partial charge in [0.25, 0.3) is 0 Å². The van der Waals surface area contributed by atoms with Gasteiger partial charge in [-0.1, -0.05) is 51.7 Å². The van der Waals surface area contributed by atoms with E-state index in [1.165, 1.54) is 97.6 Å². The molecule has 6 aliphatic rings. The number of hydrogen-bond donors (Lipinski definition) is 1. The third-order valence-corrected chi connectivity index (χ3v) is 11.2. The van der Waals surface area contributed by atoms with E-state index < -0.39 is 0 Å². The summed E-state index contributed by atoms with van der Waals surface area (Å²) in [5, 5.41) is 3.83. The summed E-state index contributed by atoms with van der Waals surface area (Å²) in [5.41, 5.74) is 4.44. The number of methoxy groups -OCH3 is 1. The highest BCUT2D eigenvalue weighted by Crippen LogP contribution is 2.65. The maximum absolute atomic E-state index is 9.59. The van der Waals surface area contributed by atoms with Gasteiger partial charge >= 0.3 is 5.97 Å². The van der Waals surface area contributed by atoms with E-state index in [2.05, 4.69) is 30.8 Å². The third kappa shape index (κ3) is 5.33. The summed E-state index contributed by atoms with van der Waals surface area (Å²) in [5.74, 6) is 4.41. The molecule has 4 nitrogen and oxygen atoms in total. The Labute approximate surface area is 221 Å². The Morgan fingerprint density at radius 1 is 1.11 bits per heavy atom. The van der Waals surface area contributed by atoms with Gasteiger partial charge in [-0.05, 0) is 113 Å². The van der Waals surface area contributed by atoms with Crippen LogP contribution in [0.25, 0.3) is 0 Å². The monoisotopic (exact) mass is 501 g/mol. The molecule has 0 aromatic carbocycles. The van der Waals surface area contributed by atoms with Crippen LogP contribution in [0, 0.1) is 35.0 Å². The van der Waals surface area contributed by atoms with Crippen molar-refractivity contribution in [1.82, 2.24) is 5.32 Å². The van der Waals surface area contributed by atoms with Gasteiger partial charge in [0, 0.05) is 13.0 Å². The maximum Gasteiger partial charge on any atom is 0.302 e. The molecule has 3 saturated carbocycles. The number of hydrogen-bond acceptors (Lipinski definition) is 4. The highest BCUT2D eigenvalue weighted by Gasteiger charge is 2.57. The minimum Gasteiger partial charge on any atom is -0.469 e. The first kappa shape index (κ1) is 28.1. The molecular formula is C32H55NO3. The summed E-state index contributed by atoms with van der Waals surface area (Å²) >= 11 is 0. The van der Waals surface area contributed by atoms with Gasteiger partial charge in [0.15, 0.2) is 0 Å². The summed E-state index contributed by atoms with van der Waals surface area (Å²) in [6.07, 6.45) is 17.4. The van der Waals surface area contributed by atoms with E-state index in [0.29, 0.717) is 17.6 Å².